The molecule has 0 spiro atoms. The Morgan fingerprint density at radius 3 is 2.80 bits per heavy atom. The van der Waals surface area contributed by atoms with Crippen LogP contribution in [0.25, 0.3) is 0 Å². The zero-order chi connectivity index (χ0) is 14.4. The van der Waals surface area contributed by atoms with Gasteiger partial charge in [0.25, 0.3) is 0 Å². The van der Waals surface area contributed by atoms with Gasteiger partial charge in [0, 0.05) is 32.6 Å². The minimum atomic E-state index is -0.151. The Balaban J connectivity index is 1.64. The number of carbonyl (C=O) groups is 2. The quantitative estimate of drug-likeness (QED) is 0.518. The molecule has 8 heteroatoms. The lowest BCUT2D eigenvalue weighted by atomic mass is 10.4. The van der Waals surface area contributed by atoms with Gasteiger partial charge in [-0.3, -0.25) is 9.59 Å². The summed E-state index contributed by atoms with van der Waals surface area (Å²) in [6, 6.07) is 0.622. The van der Waals surface area contributed by atoms with Crippen LogP contribution >= 0.6 is 0 Å². The van der Waals surface area contributed by atoms with Gasteiger partial charge in [-0.25, -0.2) is 4.68 Å². The summed E-state index contributed by atoms with van der Waals surface area (Å²) in [6.45, 7) is 3.10. The van der Waals surface area contributed by atoms with Gasteiger partial charge >= 0.3 is 0 Å². The second kappa shape index (κ2) is 6.99. The summed E-state index contributed by atoms with van der Waals surface area (Å²) < 4.78 is 1.51. The highest BCUT2D eigenvalue weighted by Gasteiger charge is 2.20. The fraction of sp³-hybridized carbons (Fsp3) is 0.667. The number of carbonyl (C=O) groups excluding carboxylic acids is 2. The van der Waals surface area contributed by atoms with Crippen LogP contribution in [-0.4, -0.2) is 45.9 Å². The Labute approximate surface area is 117 Å². The van der Waals surface area contributed by atoms with E-state index in [0.29, 0.717) is 25.7 Å². The highest BCUT2D eigenvalue weighted by molar-refractivity contribution is 5.76. The molecule has 0 aliphatic heterocycles. The highest BCUT2D eigenvalue weighted by atomic mass is 16.2. The van der Waals surface area contributed by atoms with E-state index in [0.717, 1.165) is 5.69 Å². The lowest BCUT2D eigenvalue weighted by Crippen LogP contribution is -2.35. The van der Waals surface area contributed by atoms with Crippen LogP contribution in [0.4, 0.5) is 0 Å². The maximum atomic E-state index is 11.6. The van der Waals surface area contributed by atoms with Crippen molar-refractivity contribution in [2.24, 2.45) is 0 Å². The molecular weight excluding hydrogens is 260 g/mol. The molecule has 0 bridgehead atoms. The Kier molecular flexibility index (Phi) is 5.05. The summed E-state index contributed by atoms with van der Waals surface area (Å²) in [5.41, 5.74) is 0.836. The second-order valence-corrected chi connectivity index (χ2v) is 4.90. The average molecular weight is 280 g/mol. The summed E-state index contributed by atoms with van der Waals surface area (Å²) in [6.07, 6.45) is 4.22. The molecule has 2 amide bonds. The van der Waals surface area contributed by atoms with E-state index in [2.05, 4.69) is 26.3 Å². The minimum Gasteiger partial charge on any atom is -0.355 e. The van der Waals surface area contributed by atoms with E-state index in [1.54, 1.807) is 6.20 Å². The van der Waals surface area contributed by atoms with Crippen LogP contribution in [0.15, 0.2) is 6.20 Å². The molecule has 0 atom stereocenters. The maximum Gasteiger partial charge on any atom is 0.241 e. The molecule has 1 aliphatic rings. The van der Waals surface area contributed by atoms with E-state index in [9.17, 15) is 9.59 Å². The second-order valence-electron chi connectivity index (χ2n) is 4.90. The topological polar surface area (TPSA) is 101 Å². The van der Waals surface area contributed by atoms with Gasteiger partial charge in [-0.05, 0) is 12.8 Å². The number of nitrogens with one attached hydrogen (secondary N) is 3. The van der Waals surface area contributed by atoms with E-state index in [4.69, 9.17) is 0 Å². The first kappa shape index (κ1) is 14.4. The van der Waals surface area contributed by atoms with Crippen LogP contribution in [-0.2, 0) is 22.7 Å². The van der Waals surface area contributed by atoms with Gasteiger partial charge in [0.2, 0.25) is 11.8 Å². The van der Waals surface area contributed by atoms with Crippen LogP contribution < -0.4 is 16.0 Å². The lowest BCUT2D eigenvalue weighted by molar-refractivity contribution is -0.122. The number of hydrogen-bond acceptors (Lipinski definition) is 5. The number of aromatic nitrogens is 3. The Morgan fingerprint density at radius 2 is 2.10 bits per heavy atom. The number of rotatable bonds is 8. The predicted molar refractivity (Wildman–Crippen MR) is 71.6 cm³/mol. The Morgan fingerprint density at radius 1 is 1.35 bits per heavy atom. The number of hydrogen-bond donors (Lipinski definition) is 3. The van der Waals surface area contributed by atoms with Crippen molar-refractivity contribution >= 4 is 11.8 Å². The van der Waals surface area contributed by atoms with Gasteiger partial charge in [0.1, 0.15) is 6.54 Å². The maximum absolute atomic E-state index is 11.6. The standard InChI is InChI=1S/C12H20N6O2/c1-9(19)13-4-5-14-12(20)8-18-7-11(16-17-18)6-15-10-2-3-10/h7,10,15H,2-6,8H2,1H3,(H,13,19)(H,14,20). The average Bonchev–Trinajstić information content (AvgIpc) is 3.13. The minimum absolute atomic E-state index is 0.108. The Hall–Kier alpha value is -1.96. The van der Waals surface area contributed by atoms with Gasteiger partial charge in [-0.15, -0.1) is 5.10 Å². The van der Waals surface area contributed by atoms with Gasteiger partial charge in [-0.1, -0.05) is 5.21 Å². The molecule has 0 unspecified atom stereocenters. The molecule has 1 aliphatic carbocycles. The molecule has 20 heavy (non-hydrogen) atoms. The molecule has 1 saturated carbocycles. The molecule has 110 valence electrons. The molecule has 0 saturated heterocycles. The van der Waals surface area contributed by atoms with Crippen LogP contribution in [0.3, 0.4) is 0 Å². The summed E-state index contributed by atoms with van der Waals surface area (Å²) in [5.74, 6) is -0.259. The molecule has 2 rings (SSSR count). The molecular formula is C12H20N6O2. The van der Waals surface area contributed by atoms with Crippen LogP contribution in [0.2, 0.25) is 0 Å². The molecule has 0 aromatic carbocycles. The van der Waals surface area contributed by atoms with Gasteiger partial charge < -0.3 is 16.0 Å². The van der Waals surface area contributed by atoms with Crippen molar-refractivity contribution in [2.45, 2.75) is 38.9 Å². The summed E-state index contributed by atoms with van der Waals surface area (Å²) in [4.78, 5) is 22.3. The first-order valence-corrected chi connectivity index (χ1v) is 6.77. The zero-order valence-electron chi connectivity index (χ0n) is 11.6. The van der Waals surface area contributed by atoms with E-state index in [1.165, 1.54) is 24.4 Å². The number of nitrogens with zero attached hydrogens (tertiary/aromatic N) is 3. The van der Waals surface area contributed by atoms with Gasteiger partial charge in [0.05, 0.1) is 11.9 Å². The fourth-order valence-electron chi connectivity index (χ4n) is 1.68. The van der Waals surface area contributed by atoms with Crippen LogP contribution in [0.1, 0.15) is 25.5 Å². The van der Waals surface area contributed by atoms with Crippen molar-refractivity contribution in [2.75, 3.05) is 13.1 Å². The van der Waals surface area contributed by atoms with E-state index >= 15 is 0 Å². The largest absolute Gasteiger partial charge is 0.355 e. The van der Waals surface area contributed by atoms with Crippen LogP contribution in [0, 0.1) is 0 Å². The van der Waals surface area contributed by atoms with Crippen molar-refractivity contribution in [3.8, 4) is 0 Å². The SMILES string of the molecule is CC(=O)NCCNC(=O)Cn1cc(CNC2CC2)nn1. The predicted octanol–water partition coefficient (Wildman–Crippen LogP) is -1.22. The third-order valence-corrected chi connectivity index (χ3v) is 2.86. The van der Waals surface area contributed by atoms with E-state index < -0.39 is 0 Å². The van der Waals surface area contributed by atoms with Crippen LogP contribution in [0.5, 0.6) is 0 Å². The van der Waals surface area contributed by atoms with Crippen molar-refractivity contribution in [1.82, 2.24) is 30.9 Å². The summed E-state index contributed by atoms with van der Waals surface area (Å²) in [7, 11) is 0. The zero-order valence-corrected chi connectivity index (χ0v) is 11.6. The van der Waals surface area contributed by atoms with Crippen molar-refractivity contribution in [3.63, 3.8) is 0 Å². The Bertz CT molecular complexity index is 468. The monoisotopic (exact) mass is 280 g/mol. The third kappa shape index (κ3) is 5.35. The molecule has 8 nitrogen and oxygen atoms in total. The summed E-state index contributed by atoms with van der Waals surface area (Å²) in [5, 5.41) is 16.5. The first-order chi connectivity index (χ1) is 9.63. The van der Waals surface area contributed by atoms with Gasteiger partial charge in [0.15, 0.2) is 0 Å². The molecule has 1 aromatic rings. The van der Waals surface area contributed by atoms with E-state index in [1.807, 2.05) is 0 Å². The molecule has 1 heterocycles. The molecule has 1 fully saturated rings. The molecule has 3 N–H and O–H groups in total. The normalized spacial score (nSPS) is 14.1. The first-order valence-electron chi connectivity index (χ1n) is 6.77. The molecule has 0 radical (unpaired) electrons. The fourth-order valence-corrected chi connectivity index (χ4v) is 1.68. The van der Waals surface area contributed by atoms with Crippen molar-refractivity contribution < 1.29 is 9.59 Å². The smallest absolute Gasteiger partial charge is 0.241 e. The molecule has 1 aromatic heterocycles. The summed E-state index contributed by atoms with van der Waals surface area (Å²) >= 11 is 0. The third-order valence-electron chi connectivity index (χ3n) is 2.86. The number of amides is 2. The highest BCUT2D eigenvalue weighted by Crippen LogP contribution is 2.18. The van der Waals surface area contributed by atoms with Crippen molar-refractivity contribution in [1.29, 1.82) is 0 Å². The lowest BCUT2D eigenvalue weighted by Gasteiger charge is -2.05. The van der Waals surface area contributed by atoms with Crippen molar-refractivity contribution in [3.05, 3.63) is 11.9 Å². The van der Waals surface area contributed by atoms with Gasteiger partial charge in [-0.2, -0.15) is 0 Å². The van der Waals surface area contributed by atoms with E-state index in [-0.39, 0.29) is 18.4 Å².